The van der Waals surface area contributed by atoms with Gasteiger partial charge in [0.2, 0.25) is 0 Å². The molecule has 1 aromatic rings. The number of carbonyl (C=O) groups excluding carboxylic acids is 1. The van der Waals surface area contributed by atoms with Gasteiger partial charge in [0, 0.05) is 18.7 Å². The minimum absolute atomic E-state index is 0.101. The Labute approximate surface area is 224 Å². The maximum atomic E-state index is 13.9. The Hall–Kier alpha value is -2.61. The Morgan fingerprint density at radius 3 is 2.38 bits per heavy atom. The Morgan fingerprint density at radius 1 is 1.15 bits per heavy atom. The largest absolute Gasteiger partial charge is 0.490 e. The van der Waals surface area contributed by atoms with Crippen molar-refractivity contribution < 1.29 is 55.6 Å². The molecule has 39 heavy (non-hydrogen) atoms. The zero-order valence-electron chi connectivity index (χ0n) is 21.9. The zero-order valence-corrected chi connectivity index (χ0v) is 21.9. The number of hydrogen-bond donors (Lipinski definition) is 2. The van der Waals surface area contributed by atoms with Gasteiger partial charge in [-0.2, -0.15) is 13.2 Å². The molecule has 0 bridgehead atoms. The number of hydrogen-bond acceptors (Lipinski definition) is 7. The lowest BCUT2D eigenvalue weighted by atomic mass is 9.98. The number of carbonyl (C=O) groups is 2. The second kappa shape index (κ2) is 17.9. The first kappa shape index (κ1) is 34.4. The highest BCUT2D eigenvalue weighted by Gasteiger charge is 2.43. The van der Waals surface area contributed by atoms with Gasteiger partial charge in [0.25, 0.3) is 0 Å². The first-order valence-electron chi connectivity index (χ1n) is 12.5. The van der Waals surface area contributed by atoms with Crippen LogP contribution in [0.25, 0.3) is 0 Å². The maximum Gasteiger partial charge on any atom is 0.490 e. The molecular formula is C26H36F5NO7. The Kier molecular flexibility index (Phi) is 15.8. The topological polar surface area (TPSA) is 117 Å². The van der Waals surface area contributed by atoms with E-state index in [0.717, 1.165) is 18.9 Å². The van der Waals surface area contributed by atoms with Crippen LogP contribution in [-0.2, 0) is 35.1 Å². The van der Waals surface area contributed by atoms with Crippen LogP contribution < -0.4 is 5.73 Å². The molecule has 13 heteroatoms. The summed E-state index contributed by atoms with van der Waals surface area (Å²) in [5, 5.41) is 7.12. The molecule has 4 atom stereocenters. The van der Waals surface area contributed by atoms with E-state index in [4.69, 9.17) is 34.6 Å². The molecule has 2 rings (SSSR count). The molecule has 1 saturated heterocycles. The SMILES string of the molecule is CCCCCCC/C=C/[C@@H]1OC[C@@H](OCc2ccc(F)cc2F)[C@H](OC)[C@@H]1OC(=O)CN.O=C(O)C(F)(F)F. The smallest absolute Gasteiger partial charge is 0.475 e. The molecule has 3 N–H and O–H groups in total. The first-order chi connectivity index (χ1) is 18.4. The van der Waals surface area contributed by atoms with E-state index in [0.29, 0.717) is 0 Å². The highest BCUT2D eigenvalue weighted by Crippen LogP contribution is 2.26. The van der Waals surface area contributed by atoms with Gasteiger partial charge in [-0.1, -0.05) is 50.8 Å². The van der Waals surface area contributed by atoms with E-state index >= 15 is 0 Å². The van der Waals surface area contributed by atoms with E-state index in [1.54, 1.807) is 0 Å². The average Bonchev–Trinajstić information content (AvgIpc) is 2.88. The summed E-state index contributed by atoms with van der Waals surface area (Å²) in [6.45, 7) is 1.98. The van der Waals surface area contributed by atoms with E-state index in [1.165, 1.54) is 44.9 Å². The molecule has 222 valence electrons. The molecule has 1 aliphatic rings. The summed E-state index contributed by atoms with van der Waals surface area (Å²) in [6, 6.07) is 3.30. The third-order valence-corrected chi connectivity index (χ3v) is 5.68. The predicted octanol–water partition coefficient (Wildman–Crippen LogP) is 4.68. The van der Waals surface area contributed by atoms with Crippen LogP contribution in [0.3, 0.4) is 0 Å². The van der Waals surface area contributed by atoms with E-state index < -0.39 is 54.2 Å². The van der Waals surface area contributed by atoms with Crippen molar-refractivity contribution in [1.82, 2.24) is 0 Å². The van der Waals surface area contributed by atoms with Gasteiger partial charge in [0.05, 0.1) is 19.8 Å². The first-order valence-corrected chi connectivity index (χ1v) is 12.5. The standard InChI is InChI=1S/C24H35F2NO5.C2HF3O2/c1-3-4-5-6-7-8-9-10-20-24(32-22(28)14-27)23(29-2)21(16-31-20)30-15-17-11-12-18(25)13-19(17)26;3-2(4,5)1(6)7/h9-13,20-21,23-24H,3-8,14-16,27H2,1-2H3;(H,6,7)/b10-9+;/t20-,21+,23-,24+;/m0./s1. The third-order valence-electron chi connectivity index (χ3n) is 5.68. The average molecular weight is 570 g/mol. The molecule has 8 nitrogen and oxygen atoms in total. The van der Waals surface area contributed by atoms with Crippen molar-refractivity contribution in [3.63, 3.8) is 0 Å². The molecule has 0 radical (unpaired) electrons. The summed E-state index contributed by atoms with van der Waals surface area (Å²) in [5.74, 6) is -4.69. The van der Waals surface area contributed by atoms with Gasteiger partial charge in [-0.25, -0.2) is 13.6 Å². The fourth-order valence-corrected chi connectivity index (χ4v) is 3.65. The van der Waals surface area contributed by atoms with Crippen LogP contribution in [0.5, 0.6) is 0 Å². The molecule has 0 aliphatic carbocycles. The number of esters is 1. The van der Waals surface area contributed by atoms with Crippen molar-refractivity contribution in [3.8, 4) is 0 Å². The van der Waals surface area contributed by atoms with E-state index in [-0.39, 0.29) is 25.3 Å². The van der Waals surface area contributed by atoms with Gasteiger partial charge in [-0.15, -0.1) is 0 Å². The molecule has 1 heterocycles. The number of ether oxygens (including phenoxy) is 4. The molecule has 1 aromatic carbocycles. The van der Waals surface area contributed by atoms with Crippen molar-refractivity contribution in [1.29, 1.82) is 0 Å². The van der Waals surface area contributed by atoms with Crippen LogP contribution in [-0.4, -0.2) is 67.9 Å². The highest BCUT2D eigenvalue weighted by atomic mass is 19.4. The second-order valence-corrected chi connectivity index (χ2v) is 8.68. The summed E-state index contributed by atoms with van der Waals surface area (Å²) in [4.78, 5) is 20.8. The number of rotatable bonds is 13. The number of benzene rings is 1. The highest BCUT2D eigenvalue weighted by molar-refractivity contribution is 5.73. The molecule has 0 amide bonds. The van der Waals surface area contributed by atoms with Crippen LogP contribution in [0.2, 0.25) is 0 Å². The quantitative estimate of drug-likeness (QED) is 0.152. The van der Waals surface area contributed by atoms with Gasteiger partial charge >= 0.3 is 18.1 Å². The number of aliphatic carboxylic acids is 1. The van der Waals surface area contributed by atoms with Crippen molar-refractivity contribution in [2.45, 2.75) is 82.6 Å². The number of halogens is 5. The number of nitrogens with two attached hydrogens (primary N) is 1. The zero-order chi connectivity index (χ0) is 29.4. The van der Waals surface area contributed by atoms with Crippen molar-refractivity contribution in [2.75, 3.05) is 20.3 Å². The Morgan fingerprint density at radius 2 is 1.82 bits per heavy atom. The van der Waals surface area contributed by atoms with Gasteiger partial charge in [0.1, 0.15) is 29.9 Å². The summed E-state index contributed by atoms with van der Waals surface area (Å²) in [7, 11) is 1.49. The molecule has 0 spiro atoms. The Balaban J connectivity index is 0.000000956. The van der Waals surface area contributed by atoms with Crippen LogP contribution in [0, 0.1) is 11.6 Å². The van der Waals surface area contributed by atoms with Gasteiger partial charge in [-0.3, -0.25) is 4.79 Å². The number of methoxy groups -OCH3 is 1. The second-order valence-electron chi connectivity index (χ2n) is 8.68. The minimum atomic E-state index is -5.08. The van der Waals surface area contributed by atoms with Crippen molar-refractivity contribution in [2.24, 2.45) is 5.73 Å². The molecular weight excluding hydrogens is 533 g/mol. The van der Waals surface area contributed by atoms with E-state index in [1.807, 2.05) is 12.2 Å². The van der Waals surface area contributed by atoms with Crippen molar-refractivity contribution in [3.05, 3.63) is 47.5 Å². The lowest BCUT2D eigenvalue weighted by Gasteiger charge is -2.40. The number of alkyl halides is 3. The molecule has 0 unspecified atom stereocenters. The number of unbranched alkanes of at least 4 members (excludes halogenated alkanes) is 5. The molecule has 0 saturated carbocycles. The molecule has 0 aromatic heterocycles. The summed E-state index contributed by atoms with van der Waals surface area (Å²) in [5.41, 5.74) is 5.63. The lowest BCUT2D eigenvalue weighted by Crippen LogP contribution is -2.56. The fraction of sp³-hybridized carbons (Fsp3) is 0.615. The number of carboxylic acid groups (broad SMARTS) is 1. The van der Waals surface area contributed by atoms with Gasteiger partial charge in [-0.05, 0) is 18.9 Å². The normalized spacial score (nSPS) is 21.3. The molecule has 1 fully saturated rings. The van der Waals surface area contributed by atoms with Gasteiger partial charge in [0.15, 0.2) is 6.10 Å². The van der Waals surface area contributed by atoms with Crippen LogP contribution in [0.1, 0.15) is 51.0 Å². The van der Waals surface area contributed by atoms with Crippen LogP contribution in [0.4, 0.5) is 22.0 Å². The third kappa shape index (κ3) is 12.9. The van der Waals surface area contributed by atoms with Crippen LogP contribution in [0.15, 0.2) is 30.4 Å². The summed E-state index contributed by atoms with van der Waals surface area (Å²) >= 11 is 0. The van der Waals surface area contributed by atoms with E-state index in [2.05, 4.69) is 6.92 Å². The fourth-order valence-electron chi connectivity index (χ4n) is 3.65. The van der Waals surface area contributed by atoms with Gasteiger partial charge < -0.3 is 29.8 Å². The van der Waals surface area contributed by atoms with Crippen LogP contribution >= 0.6 is 0 Å². The monoisotopic (exact) mass is 569 g/mol. The molecule has 1 aliphatic heterocycles. The Bertz CT molecular complexity index is 913. The number of carboxylic acids is 1. The summed E-state index contributed by atoms with van der Waals surface area (Å²) in [6.07, 6.45) is 3.14. The van der Waals surface area contributed by atoms with Crippen molar-refractivity contribution >= 4 is 11.9 Å². The predicted molar refractivity (Wildman–Crippen MR) is 131 cm³/mol. The number of allylic oxidation sites excluding steroid dienone is 1. The minimum Gasteiger partial charge on any atom is -0.475 e. The maximum absolute atomic E-state index is 13.9. The van der Waals surface area contributed by atoms with E-state index in [9.17, 15) is 26.7 Å². The summed E-state index contributed by atoms with van der Waals surface area (Å²) < 4.78 is 81.6. The lowest BCUT2D eigenvalue weighted by molar-refractivity contribution is -0.216.